The number of nitrogens with one attached hydrogen (secondary N) is 2. The molecule has 0 aliphatic heterocycles. The van der Waals surface area contributed by atoms with Crippen molar-refractivity contribution in [3.8, 4) is 0 Å². The molecule has 2 N–H and O–H groups in total. The number of fused-ring (bicyclic) bond motifs is 2. The van der Waals surface area contributed by atoms with Gasteiger partial charge in [-0.15, -0.1) is 11.3 Å². The average Bonchev–Trinajstić information content (AvgIpc) is 3.08. The van der Waals surface area contributed by atoms with Crippen molar-refractivity contribution in [1.29, 1.82) is 0 Å². The molecule has 0 radical (unpaired) electrons. The lowest BCUT2D eigenvalue weighted by atomic mass is 10.1. The monoisotopic (exact) mass is 284 g/mol. The Bertz CT molecular complexity index is 863. The Labute approximate surface area is 118 Å². The normalized spacial score (nSPS) is 13.8. The molecule has 0 spiro atoms. The number of imidazole rings is 1. The molecule has 0 fully saturated rings. The first-order chi connectivity index (χ1) is 9.70. The Morgan fingerprint density at radius 2 is 1.95 bits per heavy atom. The molecule has 4 rings (SSSR count). The van der Waals surface area contributed by atoms with E-state index in [1.807, 2.05) is 6.07 Å². The maximum atomic E-state index is 12.5. The summed E-state index contributed by atoms with van der Waals surface area (Å²) in [6, 6.07) is 7.29. The molecule has 0 atom stereocenters. The van der Waals surface area contributed by atoms with E-state index in [0.29, 0.717) is 11.1 Å². The quantitative estimate of drug-likeness (QED) is 0.710. The van der Waals surface area contributed by atoms with Gasteiger partial charge in [0.15, 0.2) is 0 Å². The summed E-state index contributed by atoms with van der Waals surface area (Å²) in [6.45, 7) is 0. The highest BCUT2D eigenvalue weighted by Gasteiger charge is 2.19. The molecule has 0 unspecified atom stereocenters. The molecule has 0 bridgehead atoms. The molecule has 2 aromatic heterocycles. The van der Waals surface area contributed by atoms with E-state index in [1.54, 1.807) is 29.5 Å². The van der Waals surface area contributed by atoms with Crippen LogP contribution in [0.2, 0.25) is 0 Å². The number of rotatable bonds is 2. The maximum Gasteiger partial charge on any atom is 0.323 e. The number of thiophene rings is 1. The minimum Gasteiger partial charge on any atom is -0.306 e. The van der Waals surface area contributed by atoms with Crippen LogP contribution in [-0.4, -0.2) is 15.8 Å². The van der Waals surface area contributed by atoms with Gasteiger partial charge in [-0.3, -0.25) is 4.79 Å². The standard InChI is InChI=1S/C15H12N2O2S/c18-14(13-7-8-2-1-3-12(8)20-13)9-4-5-10-11(6-9)17-15(19)16-10/h4-7H,1-3H2,(H2,16,17,19). The predicted molar refractivity (Wildman–Crippen MR) is 78.7 cm³/mol. The highest BCUT2D eigenvalue weighted by Crippen LogP contribution is 2.32. The molecule has 20 heavy (non-hydrogen) atoms. The number of carbonyl (C=O) groups excluding carboxylic acids is 1. The van der Waals surface area contributed by atoms with Crippen LogP contribution in [0.4, 0.5) is 0 Å². The highest BCUT2D eigenvalue weighted by molar-refractivity contribution is 7.14. The number of aryl methyl sites for hydroxylation is 2. The SMILES string of the molecule is O=C(c1ccc2[nH]c(=O)[nH]c2c1)c1cc2c(s1)CCC2. The molecular formula is C15H12N2O2S. The van der Waals surface area contributed by atoms with Gasteiger partial charge in [0.2, 0.25) is 5.78 Å². The molecule has 0 saturated heterocycles. The molecular weight excluding hydrogens is 272 g/mol. The summed E-state index contributed by atoms with van der Waals surface area (Å²) >= 11 is 1.61. The third kappa shape index (κ3) is 1.74. The lowest BCUT2D eigenvalue weighted by molar-refractivity contribution is 0.104. The van der Waals surface area contributed by atoms with Crippen molar-refractivity contribution >= 4 is 28.2 Å². The van der Waals surface area contributed by atoms with Gasteiger partial charge in [-0.1, -0.05) is 0 Å². The van der Waals surface area contributed by atoms with E-state index in [1.165, 1.54) is 16.9 Å². The van der Waals surface area contributed by atoms with Crippen LogP contribution in [-0.2, 0) is 12.8 Å². The van der Waals surface area contributed by atoms with E-state index in [2.05, 4.69) is 9.97 Å². The van der Waals surface area contributed by atoms with Crippen molar-refractivity contribution in [1.82, 2.24) is 9.97 Å². The van der Waals surface area contributed by atoms with Crippen LogP contribution in [0.1, 0.15) is 32.1 Å². The molecule has 0 saturated carbocycles. The smallest absolute Gasteiger partial charge is 0.306 e. The zero-order valence-corrected chi connectivity index (χ0v) is 11.5. The molecule has 1 aromatic carbocycles. The van der Waals surface area contributed by atoms with Gasteiger partial charge in [0, 0.05) is 10.4 Å². The van der Waals surface area contributed by atoms with Gasteiger partial charge >= 0.3 is 5.69 Å². The number of H-pyrrole nitrogens is 2. The van der Waals surface area contributed by atoms with Gasteiger partial charge in [0.05, 0.1) is 15.9 Å². The zero-order chi connectivity index (χ0) is 13.7. The van der Waals surface area contributed by atoms with Crippen LogP contribution in [0.5, 0.6) is 0 Å². The van der Waals surface area contributed by atoms with Gasteiger partial charge in [-0.2, -0.15) is 0 Å². The molecule has 1 aliphatic carbocycles. The van der Waals surface area contributed by atoms with Crippen LogP contribution in [0.25, 0.3) is 11.0 Å². The van der Waals surface area contributed by atoms with Gasteiger partial charge in [0.1, 0.15) is 0 Å². The summed E-state index contributed by atoms with van der Waals surface area (Å²) in [5, 5.41) is 0. The first kappa shape index (κ1) is 11.7. The summed E-state index contributed by atoms with van der Waals surface area (Å²) in [7, 11) is 0. The van der Waals surface area contributed by atoms with Crippen molar-refractivity contribution in [2.45, 2.75) is 19.3 Å². The van der Waals surface area contributed by atoms with E-state index in [0.717, 1.165) is 23.2 Å². The maximum absolute atomic E-state index is 12.5. The summed E-state index contributed by atoms with van der Waals surface area (Å²) in [5.74, 6) is 0.0355. The fourth-order valence-electron chi connectivity index (χ4n) is 2.76. The predicted octanol–water partition coefficient (Wildman–Crippen LogP) is 2.64. The van der Waals surface area contributed by atoms with Crippen molar-refractivity contribution in [2.24, 2.45) is 0 Å². The van der Waals surface area contributed by atoms with Gasteiger partial charge in [-0.05, 0) is 49.1 Å². The lowest BCUT2D eigenvalue weighted by Gasteiger charge is -1.98. The first-order valence-electron chi connectivity index (χ1n) is 6.59. The summed E-state index contributed by atoms with van der Waals surface area (Å²) in [6.07, 6.45) is 3.38. The Kier molecular flexibility index (Phi) is 2.44. The van der Waals surface area contributed by atoms with Crippen molar-refractivity contribution in [2.75, 3.05) is 0 Å². The topological polar surface area (TPSA) is 65.7 Å². The fourth-order valence-corrected chi connectivity index (χ4v) is 3.97. The molecule has 2 heterocycles. The number of aromatic amines is 2. The molecule has 100 valence electrons. The second kappa shape index (κ2) is 4.18. The third-order valence-corrected chi connectivity index (χ3v) is 4.98. The van der Waals surface area contributed by atoms with E-state index in [-0.39, 0.29) is 11.5 Å². The van der Waals surface area contributed by atoms with E-state index < -0.39 is 0 Å². The zero-order valence-electron chi connectivity index (χ0n) is 10.7. The molecule has 1 aliphatic rings. The van der Waals surface area contributed by atoms with Crippen molar-refractivity contribution in [3.05, 3.63) is 55.6 Å². The van der Waals surface area contributed by atoms with Crippen LogP contribution in [0.15, 0.2) is 29.1 Å². The van der Waals surface area contributed by atoms with E-state index >= 15 is 0 Å². The highest BCUT2D eigenvalue weighted by atomic mass is 32.1. The van der Waals surface area contributed by atoms with E-state index in [9.17, 15) is 9.59 Å². The lowest BCUT2D eigenvalue weighted by Crippen LogP contribution is -1.99. The minimum atomic E-state index is -0.250. The summed E-state index contributed by atoms with van der Waals surface area (Å²) in [4.78, 5) is 31.3. The molecule has 0 amide bonds. The minimum absolute atomic E-state index is 0.0355. The Morgan fingerprint density at radius 3 is 2.80 bits per heavy atom. The number of hydrogen-bond donors (Lipinski definition) is 2. The van der Waals surface area contributed by atoms with Gasteiger partial charge in [0.25, 0.3) is 0 Å². The third-order valence-electron chi connectivity index (χ3n) is 3.75. The van der Waals surface area contributed by atoms with E-state index in [4.69, 9.17) is 0 Å². The summed E-state index contributed by atoms with van der Waals surface area (Å²) < 4.78 is 0. The number of carbonyl (C=O) groups is 1. The van der Waals surface area contributed by atoms with Gasteiger partial charge in [-0.25, -0.2) is 4.79 Å². The second-order valence-electron chi connectivity index (χ2n) is 5.08. The number of benzene rings is 1. The summed E-state index contributed by atoms with van der Waals surface area (Å²) in [5.41, 5.74) is 3.09. The Morgan fingerprint density at radius 1 is 1.10 bits per heavy atom. The van der Waals surface area contributed by atoms with Gasteiger partial charge < -0.3 is 9.97 Å². The first-order valence-corrected chi connectivity index (χ1v) is 7.41. The van der Waals surface area contributed by atoms with Crippen LogP contribution >= 0.6 is 11.3 Å². The van der Waals surface area contributed by atoms with Crippen LogP contribution in [0.3, 0.4) is 0 Å². The molecule has 3 aromatic rings. The largest absolute Gasteiger partial charge is 0.323 e. The second-order valence-corrected chi connectivity index (χ2v) is 6.22. The van der Waals surface area contributed by atoms with Crippen molar-refractivity contribution < 1.29 is 4.79 Å². The van der Waals surface area contributed by atoms with Crippen LogP contribution < -0.4 is 5.69 Å². The van der Waals surface area contributed by atoms with Crippen LogP contribution in [0, 0.1) is 0 Å². The Hall–Kier alpha value is -2.14. The fraction of sp³-hybridized carbons (Fsp3) is 0.200. The molecule has 4 nitrogen and oxygen atoms in total. The average molecular weight is 284 g/mol. The number of aromatic nitrogens is 2. The van der Waals surface area contributed by atoms with Crippen molar-refractivity contribution in [3.63, 3.8) is 0 Å². The number of hydrogen-bond acceptors (Lipinski definition) is 3. The number of ketones is 1. The molecule has 5 heteroatoms. The Balaban J connectivity index is 1.77.